The first-order chi connectivity index (χ1) is 19.1. The minimum absolute atomic E-state index is 0.194. The van der Waals surface area contributed by atoms with Crippen molar-refractivity contribution in [3.05, 3.63) is 129 Å². The molecule has 39 heavy (non-hydrogen) atoms. The number of nitrogens with one attached hydrogen (secondary N) is 1. The highest BCUT2D eigenvalue weighted by atomic mass is 79.9. The van der Waals surface area contributed by atoms with Gasteiger partial charge in [-0.05, 0) is 73.2 Å². The highest BCUT2D eigenvalue weighted by molar-refractivity contribution is 9.10. The summed E-state index contributed by atoms with van der Waals surface area (Å²) in [6.07, 6.45) is 0. The number of aromatic nitrogens is 2. The Morgan fingerprint density at radius 3 is 2.31 bits per heavy atom. The van der Waals surface area contributed by atoms with E-state index in [9.17, 15) is 0 Å². The van der Waals surface area contributed by atoms with Gasteiger partial charge >= 0.3 is 0 Å². The molecule has 0 spiro atoms. The molecule has 7 rings (SSSR count). The van der Waals surface area contributed by atoms with Gasteiger partial charge in [-0.15, -0.1) is 0 Å². The number of halogens is 2. The number of nitrogens with zero attached hydrogens (tertiary/aromatic N) is 5. The third-order valence-corrected chi connectivity index (χ3v) is 7.71. The van der Waals surface area contributed by atoms with E-state index in [0.717, 1.165) is 55.7 Å². The van der Waals surface area contributed by atoms with Gasteiger partial charge in [0.2, 0.25) is 0 Å². The summed E-state index contributed by atoms with van der Waals surface area (Å²) in [5, 5.41) is 9.20. The van der Waals surface area contributed by atoms with Crippen LogP contribution in [0.4, 0.5) is 22.9 Å². The molecule has 0 amide bonds. The smallest absolute Gasteiger partial charge is 0.179 e. The zero-order chi connectivity index (χ0) is 26.5. The molecule has 0 fully saturated rings. The summed E-state index contributed by atoms with van der Waals surface area (Å²) in [7, 11) is 0. The van der Waals surface area contributed by atoms with Crippen LogP contribution in [0.2, 0.25) is 5.02 Å². The predicted molar refractivity (Wildman–Crippen MR) is 162 cm³/mol. The summed E-state index contributed by atoms with van der Waals surface area (Å²) < 4.78 is 2.94. The molecule has 3 heterocycles. The number of aliphatic imine (C=N–C) groups is 2. The SMILES string of the molecule is Cc1nn(-c2ccccc2)c2c1C(c1ccc(Cl)cc1)N1C(=N2)C(Nc2ccc(Br)cc2)=Nc2ccccc21. The van der Waals surface area contributed by atoms with Gasteiger partial charge in [-0.1, -0.05) is 70.0 Å². The molecular formula is C31H22BrClN6. The Labute approximate surface area is 239 Å². The molecule has 1 aromatic heterocycles. The zero-order valence-corrected chi connectivity index (χ0v) is 23.2. The number of anilines is 2. The van der Waals surface area contributed by atoms with E-state index in [2.05, 4.69) is 44.3 Å². The highest BCUT2D eigenvalue weighted by Crippen LogP contribution is 2.48. The molecule has 2 aliphatic heterocycles. The Hall–Kier alpha value is -4.20. The van der Waals surface area contributed by atoms with Crippen LogP contribution in [0, 0.1) is 6.92 Å². The number of fused-ring (bicyclic) bond motifs is 4. The fraction of sp³-hybridized carbons (Fsp3) is 0.0645. The van der Waals surface area contributed by atoms with Crippen LogP contribution in [-0.4, -0.2) is 21.5 Å². The Balaban J connectivity index is 1.49. The van der Waals surface area contributed by atoms with E-state index in [0.29, 0.717) is 10.9 Å². The number of aryl methyl sites for hydroxylation is 1. The average molecular weight is 594 g/mol. The van der Waals surface area contributed by atoms with E-state index in [1.165, 1.54) is 0 Å². The largest absolute Gasteiger partial charge is 0.337 e. The van der Waals surface area contributed by atoms with Gasteiger partial charge in [0.1, 0.15) is 0 Å². The first-order valence-corrected chi connectivity index (χ1v) is 13.7. The van der Waals surface area contributed by atoms with Crippen molar-refractivity contribution in [3.63, 3.8) is 0 Å². The van der Waals surface area contributed by atoms with E-state index in [1.54, 1.807) is 0 Å². The van der Waals surface area contributed by atoms with Crippen LogP contribution in [0.1, 0.15) is 22.9 Å². The van der Waals surface area contributed by atoms with Crippen LogP contribution in [0.15, 0.2) is 118 Å². The second kappa shape index (κ2) is 9.52. The molecule has 4 aromatic carbocycles. The van der Waals surface area contributed by atoms with Gasteiger partial charge in [-0.2, -0.15) is 5.10 Å². The Morgan fingerprint density at radius 1 is 0.821 bits per heavy atom. The van der Waals surface area contributed by atoms with Gasteiger partial charge in [-0.3, -0.25) is 0 Å². The molecule has 8 heteroatoms. The van der Waals surface area contributed by atoms with E-state index in [4.69, 9.17) is 26.7 Å². The van der Waals surface area contributed by atoms with Gasteiger partial charge < -0.3 is 10.2 Å². The zero-order valence-electron chi connectivity index (χ0n) is 20.9. The molecule has 2 aliphatic rings. The lowest BCUT2D eigenvalue weighted by molar-refractivity contribution is 0.815. The summed E-state index contributed by atoms with van der Waals surface area (Å²) in [5.74, 6) is 2.18. The molecule has 6 nitrogen and oxygen atoms in total. The van der Waals surface area contributed by atoms with Crippen molar-refractivity contribution in [3.8, 4) is 5.69 Å². The minimum atomic E-state index is -0.194. The van der Waals surface area contributed by atoms with Crippen molar-refractivity contribution in [2.45, 2.75) is 13.0 Å². The van der Waals surface area contributed by atoms with E-state index >= 15 is 0 Å². The summed E-state index contributed by atoms with van der Waals surface area (Å²) in [6, 6.07) is 34.1. The molecule has 0 bridgehead atoms. The monoisotopic (exact) mass is 592 g/mol. The Morgan fingerprint density at radius 2 is 1.54 bits per heavy atom. The van der Waals surface area contributed by atoms with Crippen molar-refractivity contribution >= 4 is 62.1 Å². The fourth-order valence-corrected chi connectivity index (χ4v) is 5.57. The number of rotatable bonds is 3. The summed E-state index contributed by atoms with van der Waals surface area (Å²) in [5.41, 5.74) is 6.76. The van der Waals surface area contributed by atoms with Crippen LogP contribution in [0.25, 0.3) is 5.69 Å². The summed E-state index contributed by atoms with van der Waals surface area (Å²) in [4.78, 5) is 12.6. The van der Waals surface area contributed by atoms with Gasteiger partial charge in [0.25, 0.3) is 0 Å². The molecule has 1 N–H and O–H groups in total. The first kappa shape index (κ1) is 23.9. The van der Waals surface area contributed by atoms with Gasteiger partial charge in [0.15, 0.2) is 17.5 Å². The number of para-hydroxylation sites is 3. The molecule has 0 saturated carbocycles. The van der Waals surface area contributed by atoms with Gasteiger partial charge in [0.05, 0.1) is 28.8 Å². The number of benzene rings is 4. The Kier molecular flexibility index (Phi) is 5.83. The second-order valence-electron chi connectivity index (χ2n) is 9.41. The highest BCUT2D eigenvalue weighted by Gasteiger charge is 2.41. The van der Waals surface area contributed by atoms with Gasteiger partial charge in [-0.25, -0.2) is 14.7 Å². The lowest BCUT2D eigenvalue weighted by Gasteiger charge is -2.40. The van der Waals surface area contributed by atoms with Crippen LogP contribution in [0.5, 0.6) is 0 Å². The average Bonchev–Trinajstić information content (AvgIpc) is 3.30. The quantitative estimate of drug-likeness (QED) is 0.229. The number of hydrogen-bond donors (Lipinski definition) is 1. The maximum absolute atomic E-state index is 6.32. The third kappa shape index (κ3) is 4.15. The topological polar surface area (TPSA) is 57.8 Å². The third-order valence-electron chi connectivity index (χ3n) is 6.93. The number of amidine groups is 2. The molecule has 5 aromatic rings. The normalized spacial score (nSPS) is 15.6. The molecule has 0 aliphatic carbocycles. The summed E-state index contributed by atoms with van der Waals surface area (Å²) in [6.45, 7) is 2.05. The molecular weight excluding hydrogens is 572 g/mol. The molecule has 190 valence electrons. The number of hydrogen-bond acceptors (Lipinski definition) is 5. The first-order valence-electron chi connectivity index (χ1n) is 12.6. The minimum Gasteiger partial charge on any atom is -0.337 e. The van der Waals surface area contributed by atoms with Crippen molar-refractivity contribution in [1.82, 2.24) is 9.78 Å². The van der Waals surface area contributed by atoms with Crippen molar-refractivity contribution in [2.75, 3.05) is 10.2 Å². The van der Waals surface area contributed by atoms with Crippen molar-refractivity contribution in [2.24, 2.45) is 9.98 Å². The van der Waals surface area contributed by atoms with E-state index in [1.807, 2.05) is 96.5 Å². The molecule has 0 saturated heterocycles. The lowest BCUT2D eigenvalue weighted by atomic mass is 9.93. The Bertz CT molecular complexity index is 1760. The van der Waals surface area contributed by atoms with Crippen molar-refractivity contribution in [1.29, 1.82) is 0 Å². The maximum Gasteiger partial charge on any atom is 0.179 e. The lowest BCUT2D eigenvalue weighted by Crippen LogP contribution is -2.46. The standard InChI is InChI=1S/C31H22BrClN6/c1-19-27-28(20-11-15-22(33)16-12-20)38-26-10-6-5-9-25(26)35-29(34-23-17-13-21(32)14-18-23)31(38)36-30(27)39(37-19)24-7-3-2-4-8-24/h2-18,28H,1H3,(H,34,35). The van der Waals surface area contributed by atoms with E-state index < -0.39 is 0 Å². The van der Waals surface area contributed by atoms with E-state index in [-0.39, 0.29) is 6.04 Å². The van der Waals surface area contributed by atoms with Crippen LogP contribution < -0.4 is 10.2 Å². The maximum atomic E-state index is 6.32. The summed E-state index contributed by atoms with van der Waals surface area (Å²) >= 11 is 9.85. The second-order valence-corrected chi connectivity index (χ2v) is 10.8. The van der Waals surface area contributed by atoms with Gasteiger partial charge in [0, 0.05) is 20.7 Å². The fourth-order valence-electron chi connectivity index (χ4n) is 5.18. The molecule has 0 radical (unpaired) electrons. The van der Waals surface area contributed by atoms with Crippen LogP contribution in [0.3, 0.4) is 0 Å². The van der Waals surface area contributed by atoms with Crippen molar-refractivity contribution < 1.29 is 0 Å². The molecule has 1 unspecified atom stereocenters. The molecule has 1 atom stereocenters. The predicted octanol–water partition coefficient (Wildman–Crippen LogP) is 8.39. The van der Waals surface area contributed by atoms with Crippen LogP contribution >= 0.6 is 27.5 Å². The van der Waals surface area contributed by atoms with Crippen LogP contribution in [-0.2, 0) is 0 Å².